The average Bonchev–Trinajstić information content (AvgIpc) is 1.53. The molecule has 138 heavy (non-hydrogen) atoms. The molecule has 0 aliphatic rings. The maximum atomic E-state index is 5.29. The molecule has 0 atom stereocenters. The molecule has 33 aromatic rings. The minimum atomic E-state index is 0.907. The molecule has 638 valence electrons. The third kappa shape index (κ3) is 11.0. The number of fused-ring (bicyclic) bond motifs is 37. The van der Waals surface area contributed by atoms with Gasteiger partial charge in [-0.2, -0.15) is 0 Å². The first-order valence-electron chi connectivity index (χ1n) is 46.6. The number of hydrogen-bond donors (Lipinski definition) is 0. The summed E-state index contributed by atoms with van der Waals surface area (Å²) in [6.07, 6.45) is 0. The number of para-hydroxylation sites is 11. The van der Waals surface area contributed by atoms with E-state index >= 15 is 0 Å². The second-order valence-corrected chi connectivity index (χ2v) is 39.4. The van der Waals surface area contributed by atoms with Crippen molar-refractivity contribution in [3.63, 3.8) is 0 Å². The van der Waals surface area contributed by atoms with E-state index in [9.17, 15) is 0 Å². The van der Waals surface area contributed by atoms with Gasteiger partial charge < -0.3 is 9.47 Å². The quantitative estimate of drug-likeness (QED) is 0.157. The summed E-state index contributed by atoms with van der Waals surface area (Å²) in [6.45, 7) is 0. The average molecular weight is 1810 g/mol. The summed E-state index contributed by atoms with van der Waals surface area (Å²) in [4.78, 5) is 33.6. The molecule has 0 aliphatic carbocycles. The van der Waals surface area contributed by atoms with Gasteiger partial charge in [-0.1, -0.05) is 273 Å². The van der Waals surface area contributed by atoms with Gasteiger partial charge in [0, 0.05) is 128 Å². The van der Waals surface area contributed by atoms with E-state index in [1.165, 1.54) is 186 Å². The van der Waals surface area contributed by atoms with Crippen LogP contribution >= 0.6 is 34.0 Å². The van der Waals surface area contributed by atoms with E-state index in [-0.39, 0.29) is 0 Å². The molecule has 0 bridgehead atoms. The predicted molar refractivity (Wildman–Crippen MR) is 584 cm³/mol. The van der Waals surface area contributed by atoms with E-state index in [0.717, 1.165) is 111 Å². The van der Waals surface area contributed by atoms with Gasteiger partial charge in [-0.3, -0.25) is 13.2 Å². The maximum absolute atomic E-state index is 5.29. The first kappa shape index (κ1) is 75.8. The summed E-state index contributed by atoms with van der Waals surface area (Å²) in [5.41, 5.74) is 32.4. The minimum Gasteiger partial charge on any atom is -0.311 e. The number of nitrogens with zero attached hydrogens (tertiary/aromatic N) is 11. The lowest BCUT2D eigenvalue weighted by molar-refractivity contribution is 1.18. The lowest BCUT2D eigenvalue weighted by atomic mass is 9.99. The van der Waals surface area contributed by atoms with E-state index in [4.69, 9.17) is 29.9 Å². The van der Waals surface area contributed by atoms with Crippen molar-refractivity contribution in [2.24, 2.45) is 0 Å². The molecular formula is C124H69N11S3. The molecule has 0 saturated carbocycles. The molecule has 0 unspecified atom stereocenters. The third-order valence-corrected chi connectivity index (χ3v) is 32.3. The molecule has 13 aromatic heterocycles. The van der Waals surface area contributed by atoms with Crippen molar-refractivity contribution in [1.29, 1.82) is 0 Å². The highest BCUT2D eigenvalue weighted by Gasteiger charge is 2.30. The molecule has 13 heterocycles. The van der Waals surface area contributed by atoms with Crippen LogP contribution in [0.1, 0.15) is 0 Å². The Morgan fingerprint density at radius 1 is 0.188 bits per heavy atom. The molecule has 14 heteroatoms. The number of hydrogen-bond acceptors (Lipinski definition) is 10. The van der Waals surface area contributed by atoms with Crippen molar-refractivity contribution in [3.05, 3.63) is 419 Å². The number of thiophene rings is 3. The van der Waals surface area contributed by atoms with Crippen LogP contribution in [0.5, 0.6) is 0 Å². The van der Waals surface area contributed by atoms with Crippen LogP contribution in [0, 0.1) is 0 Å². The van der Waals surface area contributed by atoms with Crippen LogP contribution in [0.4, 0.5) is 17.1 Å². The van der Waals surface area contributed by atoms with Gasteiger partial charge in [0.1, 0.15) is 16.6 Å². The van der Waals surface area contributed by atoms with Gasteiger partial charge in [-0.25, -0.2) is 29.9 Å². The molecule has 0 spiro atoms. The smallest absolute Gasteiger partial charge is 0.165 e. The van der Waals surface area contributed by atoms with Crippen LogP contribution in [0.2, 0.25) is 0 Å². The first-order valence-corrected chi connectivity index (χ1v) is 49.1. The molecule has 20 aromatic carbocycles. The van der Waals surface area contributed by atoms with Crippen molar-refractivity contribution < 1.29 is 0 Å². The number of aromatic nitrogens is 10. The molecule has 0 fully saturated rings. The molecular weight excluding hydrogens is 1740 g/mol. The Balaban J connectivity index is 0.0000000964. The zero-order valence-electron chi connectivity index (χ0n) is 73.5. The fraction of sp³-hybridized carbons (Fsp3) is 0. The fourth-order valence-electron chi connectivity index (χ4n) is 22.7. The van der Waals surface area contributed by atoms with Crippen LogP contribution in [-0.4, -0.2) is 47.7 Å². The van der Waals surface area contributed by atoms with Gasteiger partial charge in [-0.05, 0) is 190 Å². The molecule has 0 radical (unpaired) electrons. The lowest BCUT2D eigenvalue weighted by Gasteiger charge is -2.25. The monoisotopic (exact) mass is 1810 g/mol. The second-order valence-electron chi connectivity index (χ2n) is 36.3. The van der Waals surface area contributed by atoms with E-state index in [1.807, 2.05) is 76.5 Å². The molecule has 0 aliphatic heterocycles. The van der Waals surface area contributed by atoms with Crippen molar-refractivity contribution in [2.75, 3.05) is 4.90 Å². The SMILES string of the molecule is c1ccc(-n2c3ccccc3c3ccc(-c4cc5c6ccc7c8ccccc8sc7c6n6c7nc8ccccc8nc7c(c4)c56)cc32)cc1.c1ccc(N(c2ccccc2)c2ccc(-c3cc4c5ccc6c7ccccc7sc6c5n5c6nc7ccccc7nc6c(c3)c45)cc2)cc1.c1ccc2cc(-c3ccc4c(c3)sc3c4ccc4c5cccc6c7nc8ccccc8nc7n(c56)c43)ccc2c1. The van der Waals surface area contributed by atoms with Gasteiger partial charge in [0.25, 0.3) is 0 Å². The fourth-order valence-corrected chi connectivity index (χ4v) is 26.4. The number of rotatable bonds is 7. The summed E-state index contributed by atoms with van der Waals surface area (Å²) in [7, 11) is 0. The highest BCUT2D eigenvalue weighted by molar-refractivity contribution is 7.27. The predicted octanol–water partition coefficient (Wildman–Crippen LogP) is 34.2. The van der Waals surface area contributed by atoms with Crippen molar-refractivity contribution in [3.8, 4) is 39.1 Å². The molecule has 0 saturated heterocycles. The van der Waals surface area contributed by atoms with Gasteiger partial charge in [0.2, 0.25) is 0 Å². The number of benzene rings is 20. The Hall–Kier alpha value is -17.7. The van der Waals surface area contributed by atoms with E-state index in [2.05, 4.69) is 399 Å². The summed E-state index contributed by atoms with van der Waals surface area (Å²) < 4.78 is 17.3. The highest BCUT2D eigenvalue weighted by Crippen LogP contribution is 2.53. The Kier molecular flexibility index (Phi) is 15.9. The van der Waals surface area contributed by atoms with E-state index < -0.39 is 0 Å². The van der Waals surface area contributed by atoms with Crippen molar-refractivity contribution >= 4 is 292 Å². The van der Waals surface area contributed by atoms with Gasteiger partial charge in [0.05, 0.1) is 91.3 Å². The zero-order valence-corrected chi connectivity index (χ0v) is 75.9. The first-order chi connectivity index (χ1) is 68.4. The maximum Gasteiger partial charge on any atom is 0.165 e. The largest absolute Gasteiger partial charge is 0.311 e. The standard InChI is InChI=1S/C44H24N4S.C44H26N4S.C36H19N3S/c1-2-10-27(11-3-1)47-37-16-8-4-12-28(37)29-19-18-25(24-38(29)47)26-22-33-31-20-21-32-30-13-5-9-17-39(30)49-43(32)42(31)48-41(33)34(23-26)40-44(48)46-36-15-7-6-14-35(36)45-40;1-3-11-29(12-4-1)47(30-13-5-2-6-14-30)31-21-19-27(20-22-31)28-25-35-33-23-24-34-32-15-7-10-18-39(32)49-43(34)42(33)48-41(35)36(26-28)40-44(48)46-38-17-9-8-16-37(38)45-40;1-2-7-21-18-22(13-12-20(21)6-1)23-14-15-24-27-17-16-26-25-8-5-9-28-32-36(38-30-11-4-3-10-29(30)37-32)39(33(25)28)34(26)35(27)40-31(24)19-23/h1-24H;1-26H;1-19H. The van der Waals surface area contributed by atoms with E-state index in [0.29, 0.717) is 0 Å². The normalized spacial score (nSPS) is 12.3. The Morgan fingerprint density at radius 3 is 1.09 bits per heavy atom. The van der Waals surface area contributed by atoms with Crippen molar-refractivity contribution in [2.45, 2.75) is 0 Å². The Labute approximate surface area is 796 Å². The summed E-state index contributed by atoms with van der Waals surface area (Å²) in [5.74, 6) is 0. The van der Waals surface area contributed by atoms with Crippen molar-refractivity contribution in [1.82, 2.24) is 47.7 Å². The van der Waals surface area contributed by atoms with Crippen LogP contribution in [0.3, 0.4) is 0 Å². The number of anilines is 3. The highest BCUT2D eigenvalue weighted by atomic mass is 32.1. The van der Waals surface area contributed by atoms with E-state index in [1.54, 1.807) is 0 Å². The third-order valence-electron chi connectivity index (χ3n) is 28.8. The molecule has 0 N–H and O–H groups in total. The van der Waals surface area contributed by atoms with Gasteiger partial charge in [-0.15, -0.1) is 34.0 Å². The van der Waals surface area contributed by atoms with Crippen LogP contribution in [-0.2, 0) is 0 Å². The minimum absolute atomic E-state index is 0.907. The van der Waals surface area contributed by atoms with Crippen LogP contribution in [0.25, 0.3) is 280 Å². The zero-order chi connectivity index (χ0) is 89.8. The molecule has 11 nitrogen and oxygen atoms in total. The molecule has 33 rings (SSSR count). The topological polar surface area (TPSA) is 98.7 Å². The Morgan fingerprint density at radius 2 is 0.536 bits per heavy atom. The lowest BCUT2D eigenvalue weighted by Crippen LogP contribution is -2.09. The summed E-state index contributed by atoms with van der Waals surface area (Å²) in [6, 6.07) is 150. The van der Waals surface area contributed by atoms with Gasteiger partial charge >= 0.3 is 0 Å². The summed E-state index contributed by atoms with van der Waals surface area (Å²) >= 11 is 5.61. The molecule has 0 amide bonds. The van der Waals surface area contributed by atoms with Gasteiger partial charge in [0.15, 0.2) is 16.9 Å². The van der Waals surface area contributed by atoms with Crippen LogP contribution in [0.15, 0.2) is 419 Å². The van der Waals surface area contributed by atoms with Crippen LogP contribution < -0.4 is 4.90 Å². The summed E-state index contributed by atoms with van der Waals surface area (Å²) in [5, 5.41) is 23.7. The second kappa shape index (κ2) is 28.9. The Bertz CT molecular complexity index is 10900.